The first-order valence-corrected chi connectivity index (χ1v) is 6.89. The van der Waals surface area contributed by atoms with Crippen LogP contribution in [0, 0.1) is 3.95 Å². The summed E-state index contributed by atoms with van der Waals surface area (Å²) in [6.45, 7) is 0.680. The van der Waals surface area contributed by atoms with Gasteiger partial charge in [-0.2, -0.15) is 0 Å². The lowest BCUT2D eigenvalue weighted by atomic mass is 10.2. The minimum Gasteiger partial charge on any atom is -0.467 e. The molecule has 0 radical (unpaired) electrons. The van der Waals surface area contributed by atoms with Crippen molar-refractivity contribution in [1.29, 1.82) is 0 Å². The third-order valence-electron chi connectivity index (χ3n) is 2.75. The van der Waals surface area contributed by atoms with Crippen LogP contribution in [0.2, 0.25) is 0 Å². The van der Waals surface area contributed by atoms with E-state index in [-0.39, 0.29) is 0 Å². The Hall–Kier alpha value is -1.65. The topological polar surface area (TPSA) is 18.1 Å². The molecule has 2 nitrogen and oxygen atoms in total. The molecule has 0 bridgehead atoms. The Bertz CT molecular complexity index is 680. The minimum absolute atomic E-state index is 0.680. The van der Waals surface area contributed by atoms with E-state index in [1.54, 1.807) is 17.6 Å². The largest absolute Gasteiger partial charge is 0.467 e. The van der Waals surface area contributed by atoms with Gasteiger partial charge in [-0.25, -0.2) is 0 Å². The highest BCUT2D eigenvalue weighted by Crippen LogP contribution is 2.24. The molecule has 0 spiro atoms. The number of furan rings is 1. The molecule has 18 heavy (non-hydrogen) atoms. The van der Waals surface area contributed by atoms with Gasteiger partial charge in [0.1, 0.15) is 5.76 Å². The number of aromatic nitrogens is 1. The molecule has 3 rings (SSSR count). The molecule has 2 aromatic heterocycles. The van der Waals surface area contributed by atoms with Gasteiger partial charge < -0.3 is 8.98 Å². The Morgan fingerprint density at radius 1 is 1.11 bits per heavy atom. The standard InChI is InChI=1S/C14H11NOS2/c17-14-15(9-12-7-4-8-16-12)13(10-18-14)11-5-2-1-3-6-11/h1-8,10H,9H2. The van der Waals surface area contributed by atoms with Crippen LogP contribution in [-0.2, 0) is 6.54 Å². The second-order valence-corrected chi connectivity index (χ2v) is 5.42. The van der Waals surface area contributed by atoms with E-state index in [4.69, 9.17) is 16.6 Å². The van der Waals surface area contributed by atoms with Crippen molar-refractivity contribution in [3.05, 3.63) is 63.8 Å². The van der Waals surface area contributed by atoms with E-state index in [2.05, 4.69) is 22.1 Å². The van der Waals surface area contributed by atoms with E-state index in [9.17, 15) is 0 Å². The lowest BCUT2D eigenvalue weighted by Crippen LogP contribution is -2.00. The Morgan fingerprint density at radius 3 is 2.67 bits per heavy atom. The number of benzene rings is 1. The zero-order valence-electron chi connectivity index (χ0n) is 9.58. The fraction of sp³-hybridized carbons (Fsp3) is 0.0714. The highest BCUT2D eigenvalue weighted by molar-refractivity contribution is 7.73. The Balaban J connectivity index is 2.04. The Morgan fingerprint density at radius 2 is 1.94 bits per heavy atom. The average Bonchev–Trinajstić information content (AvgIpc) is 3.03. The second kappa shape index (κ2) is 4.92. The molecule has 3 aromatic rings. The maximum Gasteiger partial charge on any atom is 0.161 e. The predicted molar refractivity (Wildman–Crippen MR) is 76.4 cm³/mol. The highest BCUT2D eigenvalue weighted by Gasteiger charge is 2.08. The van der Waals surface area contributed by atoms with Crippen molar-refractivity contribution >= 4 is 23.6 Å². The molecule has 0 atom stereocenters. The number of thiazole rings is 1. The first kappa shape index (κ1) is 11.4. The van der Waals surface area contributed by atoms with E-state index < -0.39 is 0 Å². The molecule has 0 N–H and O–H groups in total. The van der Waals surface area contributed by atoms with Gasteiger partial charge in [0.05, 0.1) is 18.5 Å². The van der Waals surface area contributed by atoms with Crippen LogP contribution in [0.1, 0.15) is 5.76 Å². The van der Waals surface area contributed by atoms with Crippen LogP contribution in [0.15, 0.2) is 58.5 Å². The van der Waals surface area contributed by atoms with E-state index in [0.29, 0.717) is 6.54 Å². The van der Waals surface area contributed by atoms with Crippen molar-refractivity contribution in [2.45, 2.75) is 6.54 Å². The molecular weight excluding hydrogens is 262 g/mol. The van der Waals surface area contributed by atoms with E-state index in [1.165, 1.54) is 5.56 Å². The first-order valence-electron chi connectivity index (χ1n) is 5.61. The molecule has 0 aliphatic rings. The summed E-state index contributed by atoms with van der Waals surface area (Å²) in [6, 6.07) is 14.1. The summed E-state index contributed by atoms with van der Waals surface area (Å²) in [5.74, 6) is 0.918. The van der Waals surface area contributed by atoms with Crippen molar-refractivity contribution in [2.75, 3.05) is 0 Å². The highest BCUT2D eigenvalue weighted by atomic mass is 32.1. The summed E-state index contributed by atoms with van der Waals surface area (Å²) < 4.78 is 8.36. The van der Waals surface area contributed by atoms with Gasteiger partial charge in [0.25, 0.3) is 0 Å². The van der Waals surface area contributed by atoms with Crippen molar-refractivity contribution in [3.8, 4) is 11.3 Å². The lowest BCUT2D eigenvalue weighted by Gasteiger charge is -2.06. The van der Waals surface area contributed by atoms with Crippen LogP contribution in [0.25, 0.3) is 11.3 Å². The van der Waals surface area contributed by atoms with Crippen molar-refractivity contribution in [2.24, 2.45) is 0 Å². The number of nitrogens with zero attached hydrogens (tertiary/aromatic N) is 1. The number of hydrogen-bond acceptors (Lipinski definition) is 3. The zero-order chi connectivity index (χ0) is 12.4. The number of hydrogen-bond donors (Lipinski definition) is 0. The SMILES string of the molecule is S=c1scc(-c2ccccc2)n1Cc1ccco1. The van der Waals surface area contributed by atoms with Gasteiger partial charge in [0.15, 0.2) is 3.95 Å². The lowest BCUT2D eigenvalue weighted by molar-refractivity contribution is 0.494. The average molecular weight is 273 g/mol. The normalized spacial score (nSPS) is 10.7. The summed E-state index contributed by atoms with van der Waals surface area (Å²) in [4.78, 5) is 0. The van der Waals surface area contributed by atoms with Gasteiger partial charge in [0, 0.05) is 5.38 Å². The monoisotopic (exact) mass is 273 g/mol. The fourth-order valence-corrected chi connectivity index (χ4v) is 2.95. The first-order chi connectivity index (χ1) is 8.84. The van der Waals surface area contributed by atoms with Crippen molar-refractivity contribution in [3.63, 3.8) is 0 Å². The molecule has 2 heterocycles. The molecule has 90 valence electrons. The molecule has 0 unspecified atom stereocenters. The number of rotatable bonds is 3. The van der Waals surface area contributed by atoms with Gasteiger partial charge in [0.2, 0.25) is 0 Å². The molecular formula is C14H11NOS2. The van der Waals surface area contributed by atoms with Crippen molar-refractivity contribution < 1.29 is 4.42 Å². The molecule has 1 aromatic carbocycles. The third kappa shape index (κ3) is 2.17. The van der Waals surface area contributed by atoms with Crippen LogP contribution < -0.4 is 0 Å². The third-order valence-corrected chi connectivity index (χ3v) is 4.02. The predicted octanol–water partition coefficient (Wildman–Crippen LogP) is 4.59. The quantitative estimate of drug-likeness (QED) is 0.650. The molecule has 4 heteroatoms. The van der Waals surface area contributed by atoms with Crippen LogP contribution >= 0.6 is 23.6 Å². The van der Waals surface area contributed by atoms with Crippen molar-refractivity contribution in [1.82, 2.24) is 4.57 Å². The van der Waals surface area contributed by atoms with Gasteiger partial charge in [-0.15, -0.1) is 11.3 Å². The maximum absolute atomic E-state index is 5.39. The summed E-state index contributed by atoms with van der Waals surface area (Å²) in [5, 5.41) is 2.10. The van der Waals surface area contributed by atoms with Gasteiger partial charge >= 0.3 is 0 Å². The van der Waals surface area contributed by atoms with E-state index >= 15 is 0 Å². The van der Waals surface area contributed by atoms with Gasteiger partial charge in [-0.3, -0.25) is 0 Å². The summed E-state index contributed by atoms with van der Waals surface area (Å²) >= 11 is 6.97. The maximum atomic E-state index is 5.39. The van der Waals surface area contributed by atoms with Crippen LogP contribution in [0.4, 0.5) is 0 Å². The molecule has 0 aliphatic carbocycles. The van der Waals surface area contributed by atoms with Crippen LogP contribution in [0.3, 0.4) is 0 Å². The summed E-state index contributed by atoms with van der Waals surface area (Å²) in [5.41, 5.74) is 2.32. The molecule has 0 saturated carbocycles. The molecule has 0 saturated heterocycles. The summed E-state index contributed by atoms with van der Waals surface area (Å²) in [6.07, 6.45) is 1.69. The zero-order valence-corrected chi connectivity index (χ0v) is 11.2. The van der Waals surface area contributed by atoms with E-state index in [1.807, 2.05) is 30.3 Å². The molecule has 0 aliphatic heterocycles. The Labute approximate surface area is 114 Å². The minimum atomic E-state index is 0.680. The Kier molecular flexibility index (Phi) is 3.13. The molecule has 0 amide bonds. The summed E-state index contributed by atoms with van der Waals surface area (Å²) in [7, 11) is 0. The fourth-order valence-electron chi connectivity index (χ4n) is 1.87. The van der Waals surface area contributed by atoms with Crippen LogP contribution in [0.5, 0.6) is 0 Å². The van der Waals surface area contributed by atoms with Gasteiger partial charge in [-0.1, -0.05) is 30.3 Å². The van der Waals surface area contributed by atoms with Gasteiger partial charge in [-0.05, 0) is 29.9 Å². The smallest absolute Gasteiger partial charge is 0.161 e. The second-order valence-electron chi connectivity index (χ2n) is 3.92. The molecule has 0 fully saturated rings. The van der Waals surface area contributed by atoms with Crippen LogP contribution in [-0.4, -0.2) is 4.57 Å². The van der Waals surface area contributed by atoms with E-state index in [0.717, 1.165) is 15.4 Å².